The van der Waals surface area contributed by atoms with Gasteiger partial charge in [0.25, 0.3) is 10.2 Å². The molecule has 2 aliphatic heterocycles. The molecule has 154 valence electrons. The Kier molecular flexibility index (Phi) is 7.00. The van der Waals surface area contributed by atoms with Gasteiger partial charge in [-0.1, -0.05) is 0 Å². The minimum Gasteiger partial charge on any atom is -0.427 e. The number of carbonyl (C=O) groups excluding carboxylic acids is 2. The summed E-state index contributed by atoms with van der Waals surface area (Å²) in [6.07, 6.45) is -0.184. The van der Waals surface area contributed by atoms with Gasteiger partial charge in [-0.25, -0.2) is 0 Å². The van der Waals surface area contributed by atoms with Gasteiger partial charge >= 0.3 is 7.12 Å². The van der Waals surface area contributed by atoms with Crippen molar-refractivity contribution < 1.29 is 28.1 Å². The van der Waals surface area contributed by atoms with Crippen LogP contribution in [0.5, 0.6) is 0 Å². The minimum absolute atomic E-state index is 0.0138. The smallest absolute Gasteiger partial charge is 0.427 e. The monoisotopic (exact) mass is 405 g/mol. The number of hydrogen-bond acceptors (Lipinski definition) is 8. The van der Waals surface area contributed by atoms with E-state index in [-0.39, 0.29) is 56.7 Å². The largest absolute Gasteiger partial charge is 0.451 e. The molecular formula is C14H28BN5O6S. The average molecular weight is 405 g/mol. The molecule has 13 heteroatoms. The van der Waals surface area contributed by atoms with E-state index in [1.807, 2.05) is 0 Å². The Bertz CT molecular complexity index is 669. The van der Waals surface area contributed by atoms with E-state index in [9.17, 15) is 18.0 Å². The summed E-state index contributed by atoms with van der Waals surface area (Å²) in [5.74, 6) is -1.19. The molecule has 2 heterocycles. The quantitative estimate of drug-likeness (QED) is 0.300. The first-order valence-corrected chi connectivity index (χ1v) is 10.3. The van der Waals surface area contributed by atoms with Gasteiger partial charge in [0, 0.05) is 51.6 Å². The molecule has 2 saturated heterocycles. The first-order valence-electron chi connectivity index (χ1n) is 8.87. The molecule has 0 saturated carbocycles. The van der Waals surface area contributed by atoms with Crippen LogP contribution in [0.15, 0.2) is 0 Å². The Labute approximate surface area is 159 Å². The molecule has 0 aliphatic carbocycles. The number of ketones is 1. The third kappa shape index (κ3) is 4.85. The first kappa shape index (κ1) is 22.2. The number of nitrogens with two attached hydrogens (primary N) is 2. The van der Waals surface area contributed by atoms with Gasteiger partial charge in [0.15, 0.2) is 0 Å². The Morgan fingerprint density at radius 1 is 1.26 bits per heavy atom. The molecule has 6 N–H and O–H groups in total. The summed E-state index contributed by atoms with van der Waals surface area (Å²) >= 11 is 0. The highest BCUT2D eigenvalue weighted by atomic mass is 32.2. The Hall–Kier alpha value is -1.09. The van der Waals surface area contributed by atoms with Gasteiger partial charge in [0.05, 0.1) is 12.1 Å². The van der Waals surface area contributed by atoms with Crippen LogP contribution in [-0.4, -0.2) is 102 Å². The van der Waals surface area contributed by atoms with E-state index in [1.165, 1.54) is 20.6 Å². The second kappa shape index (κ2) is 8.51. The molecular weight excluding hydrogens is 377 g/mol. The van der Waals surface area contributed by atoms with E-state index in [1.54, 1.807) is 6.92 Å². The third-order valence-electron chi connectivity index (χ3n) is 5.16. The maximum absolute atomic E-state index is 12.8. The number of hydrogen-bond donors (Lipinski definition) is 4. The van der Waals surface area contributed by atoms with Crippen LogP contribution in [0, 0.1) is 5.92 Å². The fourth-order valence-electron chi connectivity index (χ4n) is 3.30. The summed E-state index contributed by atoms with van der Waals surface area (Å²) in [5.41, 5.74) is 11.5. The van der Waals surface area contributed by atoms with Gasteiger partial charge in [-0.05, 0) is 13.2 Å². The van der Waals surface area contributed by atoms with Crippen molar-refractivity contribution in [2.75, 3.05) is 33.2 Å². The predicted octanol–water partition coefficient (Wildman–Crippen LogP) is -3.59. The Morgan fingerprint density at radius 3 is 2.37 bits per heavy atom. The normalized spacial score (nSPS) is 25.5. The van der Waals surface area contributed by atoms with Crippen LogP contribution in [-0.2, 0) is 19.8 Å². The molecule has 2 fully saturated rings. The highest BCUT2D eigenvalue weighted by molar-refractivity contribution is 7.86. The van der Waals surface area contributed by atoms with Crippen LogP contribution in [0.4, 0.5) is 0 Å². The van der Waals surface area contributed by atoms with Crippen molar-refractivity contribution >= 4 is 29.0 Å². The summed E-state index contributed by atoms with van der Waals surface area (Å²) < 4.78 is 28.0. The van der Waals surface area contributed by atoms with Crippen molar-refractivity contribution in [2.45, 2.75) is 37.8 Å². The maximum Gasteiger partial charge on any atom is 0.451 e. The van der Waals surface area contributed by atoms with E-state index in [4.69, 9.17) is 21.5 Å². The van der Waals surface area contributed by atoms with Gasteiger partial charge in [-0.15, -0.1) is 0 Å². The van der Waals surface area contributed by atoms with E-state index < -0.39 is 35.3 Å². The maximum atomic E-state index is 12.8. The van der Waals surface area contributed by atoms with Crippen LogP contribution in [0.3, 0.4) is 0 Å². The molecule has 0 bridgehead atoms. The van der Waals surface area contributed by atoms with Gasteiger partial charge in [-0.2, -0.15) is 17.0 Å². The molecule has 3 atom stereocenters. The summed E-state index contributed by atoms with van der Waals surface area (Å²) in [7, 11) is -3.98. The zero-order valence-corrected chi connectivity index (χ0v) is 16.4. The van der Waals surface area contributed by atoms with Crippen molar-refractivity contribution in [1.29, 1.82) is 0 Å². The zero-order valence-electron chi connectivity index (χ0n) is 15.6. The number of likely N-dealkylation sites (N-methyl/N-ethyl adjacent to an activating group) is 1. The number of carbonyl (C=O) groups is 2. The lowest BCUT2D eigenvalue weighted by Gasteiger charge is -2.44. The lowest BCUT2D eigenvalue weighted by Crippen LogP contribution is -2.64. The number of likely N-dealkylation sites (tertiary alicyclic amines) is 1. The fourth-order valence-corrected chi connectivity index (χ4v) is 4.89. The van der Waals surface area contributed by atoms with Gasteiger partial charge in [0.2, 0.25) is 5.91 Å². The van der Waals surface area contributed by atoms with Gasteiger partial charge in [-0.3, -0.25) is 9.59 Å². The summed E-state index contributed by atoms with van der Waals surface area (Å²) in [6.45, 7) is 2.09. The van der Waals surface area contributed by atoms with Gasteiger partial charge in [0.1, 0.15) is 5.78 Å². The van der Waals surface area contributed by atoms with Crippen molar-refractivity contribution in [3.63, 3.8) is 0 Å². The molecule has 0 unspecified atom stereocenters. The predicted molar refractivity (Wildman–Crippen MR) is 98.4 cm³/mol. The molecule has 27 heavy (non-hydrogen) atoms. The van der Waals surface area contributed by atoms with Crippen LogP contribution in [0.1, 0.15) is 13.3 Å². The lowest BCUT2D eigenvalue weighted by atomic mass is 9.81. The van der Waals surface area contributed by atoms with Crippen LogP contribution in [0.2, 0.25) is 6.32 Å². The van der Waals surface area contributed by atoms with E-state index >= 15 is 0 Å². The SMILES string of the molecule is C[C@H](N)C(=O)N1CC(N(C)S(=O)(=O)N2C[C@H](C(=O)CCB(O)O)[C@@H](N)C2)C1. The molecule has 0 radical (unpaired) electrons. The average Bonchev–Trinajstić information content (AvgIpc) is 2.93. The molecule has 0 aromatic carbocycles. The highest BCUT2D eigenvalue weighted by Gasteiger charge is 2.45. The number of nitrogens with zero attached hydrogens (tertiary/aromatic N) is 3. The zero-order chi connectivity index (χ0) is 20.5. The summed E-state index contributed by atoms with van der Waals surface area (Å²) in [6, 6.07) is -1.63. The standard InChI is InChI=1S/C14H28BN5O6S/c1-9(16)14(22)19-5-10(6-19)18(2)27(25,26)20-7-11(12(17)8-20)13(21)3-4-15(23)24/h9-12,23-24H,3-8,16-17H2,1-2H3/t9-,11-,12-/m0/s1. The first-order chi connectivity index (χ1) is 12.4. The number of amides is 1. The summed E-state index contributed by atoms with van der Waals surface area (Å²) in [4.78, 5) is 25.5. The van der Waals surface area contributed by atoms with Crippen LogP contribution < -0.4 is 11.5 Å². The molecule has 2 rings (SSSR count). The molecule has 0 spiro atoms. The number of Topliss-reactive ketones (excluding diaryl/α,β-unsaturated/α-hetero) is 1. The van der Waals surface area contributed by atoms with Crippen LogP contribution in [0.25, 0.3) is 0 Å². The fraction of sp³-hybridized carbons (Fsp3) is 0.857. The topological polar surface area (TPSA) is 171 Å². The highest BCUT2D eigenvalue weighted by Crippen LogP contribution is 2.26. The second-order valence-electron chi connectivity index (χ2n) is 7.28. The van der Waals surface area contributed by atoms with E-state index in [2.05, 4.69) is 0 Å². The van der Waals surface area contributed by atoms with Crippen molar-refractivity contribution in [2.24, 2.45) is 17.4 Å². The summed E-state index contributed by atoms with van der Waals surface area (Å²) in [5, 5.41) is 17.8. The van der Waals surface area contributed by atoms with E-state index in [0.717, 1.165) is 0 Å². The second-order valence-corrected chi connectivity index (χ2v) is 9.27. The Morgan fingerprint density at radius 2 is 1.85 bits per heavy atom. The van der Waals surface area contributed by atoms with Crippen molar-refractivity contribution in [1.82, 2.24) is 13.5 Å². The number of rotatable bonds is 8. The lowest BCUT2D eigenvalue weighted by molar-refractivity contribution is -0.138. The molecule has 1 amide bonds. The minimum atomic E-state index is -3.83. The van der Waals surface area contributed by atoms with Crippen molar-refractivity contribution in [3.05, 3.63) is 0 Å². The Balaban J connectivity index is 1.95. The van der Waals surface area contributed by atoms with Crippen molar-refractivity contribution in [3.8, 4) is 0 Å². The molecule has 11 nitrogen and oxygen atoms in total. The molecule has 2 aliphatic rings. The van der Waals surface area contributed by atoms with Gasteiger partial charge < -0.3 is 26.4 Å². The van der Waals surface area contributed by atoms with Crippen LogP contribution >= 0.6 is 0 Å². The van der Waals surface area contributed by atoms with E-state index in [0.29, 0.717) is 0 Å². The molecule has 0 aromatic heterocycles. The third-order valence-corrected chi connectivity index (χ3v) is 7.14. The molecule has 0 aromatic rings.